The van der Waals surface area contributed by atoms with Crippen LogP contribution in [0, 0.1) is 5.92 Å². The zero-order valence-electron chi connectivity index (χ0n) is 12.0. The van der Waals surface area contributed by atoms with Crippen LogP contribution >= 0.6 is 36.4 Å². The Kier molecular flexibility index (Phi) is 9.77. The predicted octanol–water partition coefficient (Wildman–Crippen LogP) is 3.57. The van der Waals surface area contributed by atoms with Gasteiger partial charge in [0.15, 0.2) is 0 Å². The number of nitrogens with zero attached hydrogens (tertiary/aromatic N) is 2. The second-order valence-electron chi connectivity index (χ2n) is 5.31. The van der Waals surface area contributed by atoms with Crippen LogP contribution in [-0.2, 0) is 0 Å². The van der Waals surface area contributed by atoms with Crippen LogP contribution in [0.15, 0.2) is 18.3 Å². The summed E-state index contributed by atoms with van der Waals surface area (Å²) in [5, 5.41) is 4.05. The number of nitrogens with one attached hydrogen (secondary N) is 1. The minimum atomic E-state index is 0. The molecule has 116 valence electrons. The van der Waals surface area contributed by atoms with Crippen LogP contribution < -0.4 is 5.32 Å². The van der Waals surface area contributed by atoms with Crippen LogP contribution in [0.1, 0.15) is 31.9 Å². The van der Waals surface area contributed by atoms with Gasteiger partial charge in [-0.25, -0.2) is 4.98 Å². The van der Waals surface area contributed by atoms with Crippen LogP contribution in [0.5, 0.6) is 0 Å². The molecule has 1 aliphatic heterocycles. The summed E-state index contributed by atoms with van der Waals surface area (Å²) in [5.74, 6) is 0.654. The van der Waals surface area contributed by atoms with Crippen molar-refractivity contribution in [2.45, 2.75) is 26.3 Å². The second kappa shape index (κ2) is 9.80. The van der Waals surface area contributed by atoms with Crippen molar-refractivity contribution in [3.63, 3.8) is 0 Å². The Morgan fingerprint density at radius 1 is 1.30 bits per heavy atom. The van der Waals surface area contributed by atoms with Gasteiger partial charge in [0, 0.05) is 44.0 Å². The van der Waals surface area contributed by atoms with E-state index in [1.54, 1.807) is 6.20 Å². The standard InChI is InChI=1S/C14H22ClN3.2ClH/c1-11(2)10-13(18-8-6-16-7-9-18)12-4-3-5-17-14(12)15;;/h3-5,11,13,16H,6-10H2,1-2H3;2*1H/t13-;;/m1../s1. The molecule has 1 N–H and O–H groups in total. The predicted molar refractivity (Wildman–Crippen MR) is 90.4 cm³/mol. The minimum absolute atomic E-state index is 0. The Balaban J connectivity index is 0.00000180. The molecule has 1 aliphatic rings. The lowest BCUT2D eigenvalue weighted by atomic mass is 9.96. The molecular weight excluding hydrogens is 317 g/mol. The average Bonchev–Trinajstić information content (AvgIpc) is 2.38. The first-order valence-electron chi connectivity index (χ1n) is 6.73. The summed E-state index contributed by atoms with van der Waals surface area (Å²) < 4.78 is 0. The van der Waals surface area contributed by atoms with E-state index < -0.39 is 0 Å². The Hall–Kier alpha value is -0.0600. The van der Waals surface area contributed by atoms with Gasteiger partial charge >= 0.3 is 0 Å². The highest BCUT2D eigenvalue weighted by Gasteiger charge is 2.24. The first-order chi connectivity index (χ1) is 8.68. The third-order valence-corrected chi connectivity index (χ3v) is 3.75. The number of piperazine rings is 1. The van der Waals surface area contributed by atoms with Gasteiger partial charge in [-0.05, 0) is 18.4 Å². The molecule has 0 spiro atoms. The molecule has 2 rings (SSSR count). The molecule has 1 aromatic heterocycles. The van der Waals surface area contributed by atoms with Crippen molar-refractivity contribution in [3.8, 4) is 0 Å². The molecule has 0 aliphatic carbocycles. The number of halogens is 3. The van der Waals surface area contributed by atoms with E-state index in [1.165, 1.54) is 5.56 Å². The molecule has 0 amide bonds. The zero-order chi connectivity index (χ0) is 13.0. The summed E-state index contributed by atoms with van der Waals surface area (Å²) in [4.78, 5) is 6.75. The average molecular weight is 341 g/mol. The Morgan fingerprint density at radius 3 is 2.50 bits per heavy atom. The van der Waals surface area contributed by atoms with Gasteiger partial charge in [-0.1, -0.05) is 31.5 Å². The minimum Gasteiger partial charge on any atom is -0.314 e. The van der Waals surface area contributed by atoms with Crippen molar-refractivity contribution in [1.29, 1.82) is 0 Å². The van der Waals surface area contributed by atoms with Gasteiger partial charge in [0.25, 0.3) is 0 Å². The van der Waals surface area contributed by atoms with E-state index in [0.29, 0.717) is 17.1 Å². The lowest BCUT2D eigenvalue weighted by molar-refractivity contribution is 0.154. The summed E-state index contributed by atoms with van der Waals surface area (Å²) in [5.41, 5.74) is 1.18. The number of aromatic nitrogens is 1. The number of rotatable bonds is 4. The molecule has 2 heterocycles. The van der Waals surface area contributed by atoms with E-state index >= 15 is 0 Å². The molecule has 1 atom stereocenters. The molecule has 1 aromatic rings. The summed E-state index contributed by atoms with van der Waals surface area (Å²) >= 11 is 6.27. The number of hydrogen-bond acceptors (Lipinski definition) is 3. The molecule has 0 saturated carbocycles. The van der Waals surface area contributed by atoms with Gasteiger partial charge in [0.1, 0.15) is 5.15 Å². The SMILES string of the molecule is CC(C)C[C@H](c1cccnc1Cl)N1CCNCC1.Cl.Cl. The smallest absolute Gasteiger partial charge is 0.133 e. The third-order valence-electron chi connectivity index (χ3n) is 3.43. The van der Waals surface area contributed by atoms with Crippen LogP contribution in [0.2, 0.25) is 5.15 Å². The van der Waals surface area contributed by atoms with Crippen molar-refractivity contribution < 1.29 is 0 Å². The number of hydrogen-bond donors (Lipinski definition) is 1. The van der Waals surface area contributed by atoms with Gasteiger partial charge in [-0.3, -0.25) is 4.90 Å². The highest BCUT2D eigenvalue weighted by atomic mass is 35.5. The van der Waals surface area contributed by atoms with Crippen molar-refractivity contribution in [1.82, 2.24) is 15.2 Å². The molecule has 0 radical (unpaired) electrons. The molecule has 1 saturated heterocycles. The fourth-order valence-corrected chi connectivity index (χ4v) is 2.81. The zero-order valence-corrected chi connectivity index (χ0v) is 14.4. The van der Waals surface area contributed by atoms with Crippen molar-refractivity contribution in [3.05, 3.63) is 29.0 Å². The van der Waals surface area contributed by atoms with E-state index in [0.717, 1.165) is 32.6 Å². The highest BCUT2D eigenvalue weighted by Crippen LogP contribution is 2.31. The van der Waals surface area contributed by atoms with Crippen molar-refractivity contribution >= 4 is 36.4 Å². The maximum absolute atomic E-state index is 6.27. The monoisotopic (exact) mass is 339 g/mol. The van der Waals surface area contributed by atoms with Gasteiger partial charge in [-0.2, -0.15) is 0 Å². The van der Waals surface area contributed by atoms with Crippen LogP contribution in [0.25, 0.3) is 0 Å². The quantitative estimate of drug-likeness (QED) is 0.849. The van der Waals surface area contributed by atoms with E-state index in [9.17, 15) is 0 Å². The van der Waals surface area contributed by atoms with Crippen LogP contribution in [0.3, 0.4) is 0 Å². The maximum atomic E-state index is 6.27. The van der Waals surface area contributed by atoms with Gasteiger partial charge < -0.3 is 5.32 Å². The number of pyridine rings is 1. The maximum Gasteiger partial charge on any atom is 0.133 e. The molecular formula is C14H24Cl3N3. The molecule has 0 aromatic carbocycles. The lowest BCUT2D eigenvalue weighted by Crippen LogP contribution is -2.45. The fourth-order valence-electron chi connectivity index (χ4n) is 2.56. The lowest BCUT2D eigenvalue weighted by Gasteiger charge is -2.36. The van der Waals surface area contributed by atoms with E-state index in [1.807, 2.05) is 6.07 Å². The van der Waals surface area contributed by atoms with Crippen LogP contribution in [-0.4, -0.2) is 36.1 Å². The first kappa shape index (κ1) is 19.9. The van der Waals surface area contributed by atoms with E-state index in [-0.39, 0.29) is 24.8 Å². The Morgan fingerprint density at radius 2 is 1.95 bits per heavy atom. The summed E-state index contributed by atoms with van der Waals surface area (Å²) in [7, 11) is 0. The van der Waals surface area contributed by atoms with Crippen molar-refractivity contribution in [2.75, 3.05) is 26.2 Å². The first-order valence-corrected chi connectivity index (χ1v) is 7.11. The summed E-state index contributed by atoms with van der Waals surface area (Å²) in [6.45, 7) is 8.82. The Labute approximate surface area is 139 Å². The summed E-state index contributed by atoms with van der Waals surface area (Å²) in [6, 6.07) is 4.49. The normalized spacial score (nSPS) is 17.2. The highest BCUT2D eigenvalue weighted by molar-refractivity contribution is 6.30. The molecule has 20 heavy (non-hydrogen) atoms. The Bertz CT molecular complexity index is 382. The van der Waals surface area contributed by atoms with Crippen LogP contribution in [0.4, 0.5) is 0 Å². The second-order valence-corrected chi connectivity index (χ2v) is 5.67. The third kappa shape index (κ3) is 5.38. The molecule has 3 nitrogen and oxygen atoms in total. The fraction of sp³-hybridized carbons (Fsp3) is 0.643. The molecule has 1 fully saturated rings. The van der Waals surface area contributed by atoms with E-state index in [2.05, 4.69) is 35.1 Å². The van der Waals surface area contributed by atoms with Crippen molar-refractivity contribution in [2.24, 2.45) is 5.92 Å². The molecule has 6 heteroatoms. The molecule has 0 bridgehead atoms. The van der Waals surface area contributed by atoms with E-state index in [4.69, 9.17) is 11.6 Å². The van der Waals surface area contributed by atoms with Gasteiger partial charge in [0.2, 0.25) is 0 Å². The van der Waals surface area contributed by atoms with Gasteiger partial charge in [0.05, 0.1) is 0 Å². The molecule has 0 unspecified atom stereocenters. The topological polar surface area (TPSA) is 28.2 Å². The van der Waals surface area contributed by atoms with Gasteiger partial charge in [-0.15, -0.1) is 24.8 Å². The largest absolute Gasteiger partial charge is 0.314 e. The summed E-state index contributed by atoms with van der Waals surface area (Å²) in [6.07, 6.45) is 2.89.